The van der Waals surface area contributed by atoms with E-state index in [4.69, 9.17) is 22.1 Å². The number of halogens is 1. The van der Waals surface area contributed by atoms with E-state index >= 15 is 0 Å². The Balaban J connectivity index is 1.50. The average Bonchev–Trinajstić information content (AvgIpc) is 2.78. The van der Waals surface area contributed by atoms with Crippen molar-refractivity contribution in [2.45, 2.75) is 23.9 Å². The van der Waals surface area contributed by atoms with Gasteiger partial charge in [0.15, 0.2) is 0 Å². The van der Waals surface area contributed by atoms with Gasteiger partial charge in [0.05, 0.1) is 0 Å². The summed E-state index contributed by atoms with van der Waals surface area (Å²) in [6.45, 7) is 0. The molecule has 0 amide bonds. The van der Waals surface area contributed by atoms with Crippen LogP contribution in [0.4, 0.5) is 0 Å². The van der Waals surface area contributed by atoms with Gasteiger partial charge in [0.2, 0.25) is 5.06 Å². The van der Waals surface area contributed by atoms with Crippen molar-refractivity contribution in [3.63, 3.8) is 0 Å². The van der Waals surface area contributed by atoms with E-state index in [1.54, 1.807) is 0 Å². The molecule has 0 aliphatic heterocycles. The van der Waals surface area contributed by atoms with Gasteiger partial charge in [-0.15, -0.1) is 0 Å². The normalized spacial score (nSPS) is 20.8. The average molecular weight is 424 g/mol. The van der Waals surface area contributed by atoms with Crippen LogP contribution in [-0.2, 0) is 11.5 Å². The lowest BCUT2D eigenvalue weighted by Crippen LogP contribution is -2.41. The third-order valence-electron chi connectivity index (χ3n) is 6.43. The van der Waals surface area contributed by atoms with E-state index in [0.29, 0.717) is 6.42 Å². The van der Waals surface area contributed by atoms with Crippen LogP contribution in [0, 0.1) is 0 Å². The first-order valence-corrected chi connectivity index (χ1v) is 11.0. The van der Waals surface area contributed by atoms with Crippen LogP contribution in [0.2, 0.25) is 0 Å². The first-order chi connectivity index (χ1) is 15.1. The molecule has 3 heteroatoms. The molecule has 5 aromatic rings. The van der Waals surface area contributed by atoms with Gasteiger partial charge in [-0.3, -0.25) is 0 Å². The quantitative estimate of drug-likeness (QED) is 0.248. The highest BCUT2D eigenvalue weighted by atomic mass is 35.5. The highest BCUT2D eigenvalue weighted by Crippen LogP contribution is 2.45. The topological polar surface area (TPSA) is 35.2 Å². The second-order valence-corrected chi connectivity index (χ2v) is 9.09. The number of fused-ring (bicyclic) bond motifs is 6. The van der Waals surface area contributed by atoms with E-state index in [1.807, 2.05) is 24.3 Å². The van der Waals surface area contributed by atoms with Crippen LogP contribution in [-0.4, -0.2) is 6.04 Å². The molecule has 0 radical (unpaired) electrons. The molecule has 2 atom stereocenters. The predicted molar refractivity (Wildman–Crippen MR) is 130 cm³/mol. The third kappa shape index (κ3) is 3.06. The van der Waals surface area contributed by atoms with Gasteiger partial charge in [-0.1, -0.05) is 90.5 Å². The van der Waals surface area contributed by atoms with Gasteiger partial charge in [0.1, 0.15) is 5.75 Å². The van der Waals surface area contributed by atoms with Crippen molar-refractivity contribution >= 4 is 43.9 Å². The number of hydrogen-bond acceptors (Lipinski definition) is 2. The Morgan fingerprint density at radius 3 is 2.32 bits per heavy atom. The molecule has 2 unspecified atom stereocenters. The van der Waals surface area contributed by atoms with E-state index < -0.39 is 5.06 Å². The molecule has 0 spiro atoms. The molecular weight excluding hydrogens is 402 g/mol. The largest absolute Gasteiger partial charge is 0.468 e. The monoisotopic (exact) mass is 423 g/mol. The van der Waals surface area contributed by atoms with Crippen molar-refractivity contribution < 1.29 is 4.74 Å². The van der Waals surface area contributed by atoms with Crippen LogP contribution in [0.3, 0.4) is 0 Å². The van der Waals surface area contributed by atoms with Crippen LogP contribution in [0.1, 0.15) is 17.5 Å². The molecule has 0 fully saturated rings. The Morgan fingerprint density at radius 1 is 0.742 bits per heavy atom. The van der Waals surface area contributed by atoms with E-state index in [2.05, 4.69) is 66.7 Å². The first kappa shape index (κ1) is 18.7. The minimum atomic E-state index is -0.991. The molecule has 5 aromatic carbocycles. The molecule has 6 rings (SSSR count). The number of rotatable bonds is 2. The van der Waals surface area contributed by atoms with Crippen molar-refractivity contribution in [2.75, 3.05) is 0 Å². The maximum absolute atomic E-state index is 7.20. The highest BCUT2D eigenvalue weighted by molar-refractivity contribution is 6.24. The minimum absolute atomic E-state index is 0.0671. The SMILES string of the molecule is NC1Cc2c(ccc3c2ccc2ccccc23)C(Cl)(Oc2ccc3ccccc3c2)C1. The van der Waals surface area contributed by atoms with E-state index in [9.17, 15) is 0 Å². The van der Waals surface area contributed by atoms with E-state index in [1.165, 1.54) is 32.5 Å². The fraction of sp³-hybridized carbons (Fsp3) is 0.143. The van der Waals surface area contributed by atoms with E-state index in [0.717, 1.165) is 23.1 Å². The molecule has 0 saturated heterocycles. The zero-order valence-corrected chi connectivity index (χ0v) is 17.8. The lowest BCUT2D eigenvalue weighted by Gasteiger charge is -2.37. The van der Waals surface area contributed by atoms with Crippen LogP contribution in [0.25, 0.3) is 32.3 Å². The summed E-state index contributed by atoms with van der Waals surface area (Å²) in [6.07, 6.45) is 1.36. The standard InChI is InChI=1S/C28H22ClNO/c29-28(31-22-11-9-18-5-1-2-7-20(18)15-22)17-21(30)16-26-25-12-10-19-6-3-4-8-23(19)24(25)13-14-27(26)28/h1-15,21H,16-17,30H2. The lowest BCUT2D eigenvalue weighted by molar-refractivity contribution is 0.129. The molecule has 31 heavy (non-hydrogen) atoms. The highest BCUT2D eigenvalue weighted by Gasteiger charge is 2.41. The smallest absolute Gasteiger partial charge is 0.209 e. The maximum Gasteiger partial charge on any atom is 0.209 e. The second-order valence-electron chi connectivity index (χ2n) is 8.48. The molecule has 0 saturated carbocycles. The first-order valence-electron chi connectivity index (χ1n) is 10.7. The minimum Gasteiger partial charge on any atom is -0.468 e. The molecule has 1 aliphatic rings. The molecule has 1 aliphatic carbocycles. The number of benzene rings is 5. The lowest BCUT2D eigenvalue weighted by atomic mass is 9.82. The van der Waals surface area contributed by atoms with Gasteiger partial charge >= 0.3 is 0 Å². The van der Waals surface area contributed by atoms with Gasteiger partial charge in [-0.2, -0.15) is 0 Å². The summed E-state index contributed by atoms with van der Waals surface area (Å²) in [6, 6.07) is 31.4. The summed E-state index contributed by atoms with van der Waals surface area (Å²) in [7, 11) is 0. The summed E-state index contributed by atoms with van der Waals surface area (Å²) < 4.78 is 6.47. The van der Waals surface area contributed by atoms with Crippen molar-refractivity contribution in [3.8, 4) is 5.75 Å². The maximum atomic E-state index is 7.20. The predicted octanol–water partition coefficient (Wildman–Crippen LogP) is 6.89. The molecule has 2 N–H and O–H groups in total. The van der Waals surface area contributed by atoms with Gasteiger partial charge in [0.25, 0.3) is 0 Å². The Bertz CT molecular complexity index is 1460. The van der Waals surface area contributed by atoms with Crippen LogP contribution < -0.4 is 10.5 Å². The number of nitrogens with two attached hydrogens (primary N) is 1. The van der Waals surface area contributed by atoms with Crippen molar-refractivity contribution in [3.05, 3.63) is 102 Å². The summed E-state index contributed by atoms with van der Waals surface area (Å²) >= 11 is 7.20. The summed E-state index contributed by atoms with van der Waals surface area (Å²) in [4.78, 5) is 0. The third-order valence-corrected chi connectivity index (χ3v) is 6.87. The Kier molecular flexibility index (Phi) is 4.21. The fourth-order valence-electron chi connectivity index (χ4n) is 5.02. The van der Waals surface area contributed by atoms with Crippen molar-refractivity contribution in [2.24, 2.45) is 5.73 Å². The number of ether oxygens (including phenoxy) is 1. The summed E-state index contributed by atoms with van der Waals surface area (Å²) in [5, 5.41) is 6.24. The summed E-state index contributed by atoms with van der Waals surface area (Å²) in [5.41, 5.74) is 8.72. The Labute approximate surface area is 186 Å². The zero-order valence-electron chi connectivity index (χ0n) is 17.0. The number of hydrogen-bond donors (Lipinski definition) is 1. The van der Waals surface area contributed by atoms with Gasteiger partial charge in [-0.25, -0.2) is 0 Å². The van der Waals surface area contributed by atoms with E-state index in [-0.39, 0.29) is 6.04 Å². The van der Waals surface area contributed by atoms with Gasteiger partial charge in [-0.05, 0) is 56.4 Å². The van der Waals surface area contributed by atoms with Crippen LogP contribution >= 0.6 is 11.6 Å². The zero-order chi connectivity index (χ0) is 21.0. The molecule has 0 heterocycles. The summed E-state index contributed by atoms with van der Waals surface area (Å²) in [5.74, 6) is 0.757. The van der Waals surface area contributed by atoms with Gasteiger partial charge in [0, 0.05) is 18.0 Å². The Morgan fingerprint density at radius 2 is 1.45 bits per heavy atom. The van der Waals surface area contributed by atoms with Gasteiger partial charge < -0.3 is 10.5 Å². The van der Waals surface area contributed by atoms with Crippen LogP contribution in [0.15, 0.2) is 91.0 Å². The molecule has 0 bridgehead atoms. The second kappa shape index (κ2) is 6.98. The van der Waals surface area contributed by atoms with Crippen molar-refractivity contribution in [1.29, 1.82) is 0 Å². The Hall–Kier alpha value is -3.07. The molecule has 152 valence electrons. The fourth-order valence-corrected chi connectivity index (χ4v) is 5.48. The molecule has 0 aromatic heterocycles. The van der Waals surface area contributed by atoms with Crippen LogP contribution in [0.5, 0.6) is 5.75 Å². The van der Waals surface area contributed by atoms with Crippen molar-refractivity contribution in [1.82, 2.24) is 0 Å². The molecule has 2 nitrogen and oxygen atoms in total. The number of alkyl halides is 1. The molecular formula is C28H22ClNO.